The van der Waals surface area contributed by atoms with Crippen LogP contribution in [0.1, 0.15) is 24.8 Å². The van der Waals surface area contributed by atoms with E-state index in [1.165, 1.54) is 4.31 Å². The van der Waals surface area contributed by atoms with Gasteiger partial charge in [0.15, 0.2) is 0 Å². The second kappa shape index (κ2) is 10.3. The number of rotatable bonds is 5. The highest BCUT2D eigenvalue weighted by atomic mass is 32.2. The van der Waals surface area contributed by atoms with Gasteiger partial charge in [-0.25, -0.2) is 8.42 Å². The lowest BCUT2D eigenvalue weighted by Gasteiger charge is -2.43. The molecule has 0 unspecified atom stereocenters. The number of carbonyl (C=O) groups excluding carboxylic acids is 1. The van der Waals surface area contributed by atoms with E-state index in [0.29, 0.717) is 12.8 Å². The number of amides is 1. The molecule has 1 amide bonds. The van der Waals surface area contributed by atoms with Crippen molar-refractivity contribution in [1.82, 2.24) is 4.31 Å². The Balaban J connectivity index is 1.49. The fourth-order valence-electron chi connectivity index (χ4n) is 4.42. The van der Waals surface area contributed by atoms with Crippen LogP contribution in [0.3, 0.4) is 0 Å². The Bertz CT molecular complexity index is 1060. The molecular weight excluding hydrogens is 444 g/mol. The molecule has 0 radical (unpaired) electrons. The van der Waals surface area contributed by atoms with Gasteiger partial charge in [0.05, 0.1) is 48.9 Å². The molecule has 4 rings (SSSR count). The quantitative estimate of drug-likeness (QED) is 0.689. The van der Waals surface area contributed by atoms with Crippen molar-refractivity contribution in [2.45, 2.75) is 55.4 Å². The largest absolute Gasteiger partial charge is 0.389 e. The van der Waals surface area contributed by atoms with Crippen LogP contribution in [-0.4, -0.2) is 67.8 Å². The number of β-amino-alcohol motifs (C(OH)–C–C–N with tert-alkyl or cyclic N) is 1. The first-order chi connectivity index (χ1) is 15.8. The van der Waals surface area contributed by atoms with Crippen molar-refractivity contribution in [3.8, 4) is 0 Å². The fraction of sp³-hybridized carbons (Fsp3) is 0.458. The molecule has 2 N–H and O–H groups in total. The van der Waals surface area contributed by atoms with E-state index in [2.05, 4.69) is 5.32 Å². The first-order valence-corrected chi connectivity index (χ1v) is 12.6. The number of hydrogen-bond donors (Lipinski definition) is 2. The third-order valence-electron chi connectivity index (χ3n) is 6.00. The van der Waals surface area contributed by atoms with Gasteiger partial charge in [0, 0.05) is 12.2 Å². The number of sulfonamides is 1. The van der Waals surface area contributed by atoms with Crippen LogP contribution >= 0.6 is 0 Å². The second-order valence-electron chi connectivity index (χ2n) is 8.64. The van der Waals surface area contributed by atoms with E-state index in [4.69, 9.17) is 9.47 Å². The zero-order valence-corrected chi connectivity index (χ0v) is 19.4. The summed E-state index contributed by atoms with van der Waals surface area (Å²) >= 11 is 0. The predicted octanol–water partition coefficient (Wildman–Crippen LogP) is 2.32. The first-order valence-electron chi connectivity index (χ1n) is 11.2. The van der Waals surface area contributed by atoms with Gasteiger partial charge in [-0.05, 0) is 49.6 Å². The van der Waals surface area contributed by atoms with Gasteiger partial charge in [-0.1, -0.05) is 30.3 Å². The zero-order valence-electron chi connectivity index (χ0n) is 18.6. The molecule has 0 bridgehead atoms. The van der Waals surface area contributed by atoms with Crippen molar-refractivity contribution >= 4 is 21.6 Å². The number of nitrogens with one attached hydrogen (secondary N) is 1. The van der Waals surface area contributed by atoms with E-state index in [9.17, 15) is 18.3 Å². The molecular formula is C24H30N2O6S. The van der Waals surface area contributed by atoms with E-state index in [1.807, 2.05) is 43.3 Å². The summed E-state index contributed by atoms with van der Waals surface area (Å²) in [6.07, 6.45) is -0.591. The van der Waals surface area contributed by atoms with Crippen molar-refractivity contribution < 1.29 is 27.8 Å². The molecule has 4 atom stereocenters. The molecule has 0 aromatic heterocycles. The van der Waals surface area contributed by atoms with Crippen molar-refractivity contribution in [1.29, 1.82) is 0 Å². The lowest BCUT2D eigenvalue weighted by molar-refractivity contribution is -0.144. The molecule has 33 heavy (non-hydrogen) atoms. The first kappa shape index (κ1) is 23.8. The maximum Gasteiger partial charge on any atom is 0.243 e. The number of anilines is 1. The Hall–Kier alpha value is -2.30. The van der Waals surface area contributed by atoms with Gasteiger partial charge >= 0.3 is 0 Å². The summed E-state index contributed by atoms with van der Waals surface area (Å²) in [6.45, 7) is 1.94. The van der Waals surface area contributed by atoms with Crippen molar-refractivity contribution in [2.24, 2.45) is 0 Å². The van der Waals surface area contributed by atoms with Crippen molar-refractivity contribution in [3.05, 3.63) is 60.2 Å². The Labute approximate surface area is 194 Å². The lowest BCUT2D eigenvalue weighted by Crippen LogP contribution is -2.57. The lowest BCUT2D eigenvalue weighted by atomic mass is 9.96. The summed E-state index contributed by atoms with van der Waals surface area (Å²) in [5.74, 6) is -0.156. The average Bonchev–Trinajstić information content (AvgIpc) is 2.77. The van der Waals surface area contributed by atoms with Gasteiger partial charge in [0.25, 0.3) is 0 Å². The number of carbonyl (C=O) groups is 1. The third-order valence-corrected chi connectivity index (χ3v) is 7.89. The summed E-state index contributed by atoms with van der Waals surface area (Å²) in [5.41, 5.74) is 1.56. The topological polar surface area (TPSA) is 105 Å². The minimum absolute atomic E-state index is 0.0194. The molecule has 0 aliphatic carbocycles. The Morgan fingerprint density at radius 1 is 1.12 bits per heavy atom. The van der Waals surface area contributed by atoms with Gasteiger partial charge in [0.1, 0.15) is 0 Å². The SMILES string of the molecule is Cc1cccc(S(=O)(=O)N2C[C@H](O)COC[C@H]3O[C@H](CC(=O)Nc4ccccc4)CC[C@@H]32)c1. The molecule has 2 saturated heterocycles. The van der Waals surface area contributed by atoms with Crippen LogP contribution in [0.2, 0.25) is 0 Å². The number of aliphatic hydroxyl groups excluding tert-OH is 1. The molecule has 8 nitrogen and oxygen atoms in total. The summed E-state index contributed by atoms with van der Waals surface area (Å²) < 4.78 is 40.2. The van der Waals surface area contributed by atoms with Crippen LogP contribution in [0.4, 0.5) is 5.69 Å². The van der Waals surface area contributed by atoms with Crippen LogP contribution in [0, 0.1) is 6.92 Å². The molecule has 0 saturated carbocycles. The molecule has 2 aliphatic rings. The van der Waals surface area contributed by atoms with Crippen LogP contribution in [0.15, 0.2) is 59.5 Å². The van der Waals surface area contributed by atoms with Crippen LogP contribution in [0.25, 0.3) is 0 Å². The number of aliphatic hydroxyl groups is 1. The highest BCUT2D eigenvalue weighted by molar-refractivity contribution is 7.89. The highest BCUT2D eigenvalue weighted by Gasteiger charge is 2.43. The summed E-state index contributed by atoms with van der Waals surface area (Å²) in [6, 6.07) is 15.5. The van der Waals surface area contributed by atoms with Gasteiger partial charge in [-0.3, -0.25) is 4.79 Å². The number of ether oxygens (including phenoxy) is 2. The van der Waals surface area contributed by atoms with Gasteiger partial charge in [0.2, 0.25) is 15.9 Å². The van der Waals surface area contributed by atoms with E-state index in [0.717, 1.165) is 11.3 Å². The number of hydrogen-bond acceptors (Lipinski definition) is 6. The molecule has 9 heteroatoms. The normalized spacial score (nSPS) is 26.6. The van der Waals surface area contributed by atoms with Gasteiger partial charge < -0.3 is 19.9 Å². The maximum atomic E-state index is 13.5. The van der Waals surface area contributed by atoms with Gasteiger partial charge in [-0.15, -0.1) is 0 Å². The molecule has 2 heterocycles. The maximum absolute atomic E-state index is 13.5. The van der Waals surface area contributed by atoms with Crippen LogP contribution < -0.4 is 5.32 Å². The summed E-state index contributed by atoms with van der Waals surface area (Å²) in [7, 11) is -3.85. The molecule has 2 aromatic rings. The number of nitrogens with zero attached hydrogens (tertiary/aromatic N) is 1. The van der Waals surface area contributed by atoms with E-state index < -0.39 is 28.3 Å². The standard InChI is InChI=1S/C24H30N2O6S/c1-17-6-5-9-21(12-17)33(29,30)26-14-19(27)15-31-16-23-22(26)11-10-20(32-23)13-24(28)25-18-7-3-2-4-8-18/h2-9,12,19-20,22-23,27H,10-11,13-16H2,1H3,(H,25,28)/t19-,20-,22-,23+/m0/s1. The van der Waals surface area contributed by atoms with E-state index >= 15 is 0 Å². The minimum atomic E-state index is -3.85. The molecule has 2 aliphatic heterocycles. The molecule has 2 fully saturated rings. The number of para-hydroxylation sites is 1. The van der Waals surface area contributed by atoms with Crippen molar-refractivity contribution in [2.75, 3.05) is 25.1 Å². The summed E-state index contributed by atoms with van der Waals surface area (Å²) in [4.78, 5) is 12.7. The highest BCUT2D eigenvalue weighted by Crippen LogP contribution is 2.31. The average molecular weight is 475 g/mol. The van der Waals surface area contributed by atoms with Gasteiger partial charge in [-0.2, -0.15) is 4.31 Å². The second-order valence-corrected chi connectivity index (χ2v) is 10.5. The molecule has 0 spiro atoms. The summed E-state index contributed by atoms with van der Waals surface area (Å²) in [5, 5.41) is 13.2. The number of benzene rings is 2. The number of aryl methyl sites for hydroxylation is 1. The fourth-order valence-corrected chi connectivity index (χ4v) is 6.24. The minimum Gasteiger partial charge on any atom is -0.389 e. The smallest absolute Gasteiger partial charge is 0.243 e. The van der Waals surface area contributed by atoms with Crippen LogP contribution in [0.5, 0.6) is 0 Å². The third kappa shape index (κ3) is 5.80. The Morgan fingerprint density at radius 3 is 2.67 bits per heavy atom. The molecule has 2 aromatic carbocycles. The van der Waals surface area contributed by atoms with Crippen LogP contribution in [-0.2, 0) is 24.3 Å². The molecule has 178 valence electrons. The van der Waals surface area contributed by atoms with E-state index in [-0.39, 0.29) is 43.1 Å². The number of fused-ring (bicyclic) bond motifs is 1. The Morgan fingerprint density at radius 2 is 1.91 bits per heavy atom. The predicted molar refractivity (Wildman–Crippen MR) is 123 cm³/mol. The van der Waals surface area contributed by atoms with Crippen molar-refractivity contribution in [3.63, 3.8) is 0 Å². The zero-order chi connectivity index (χ0) is 23.4. The Kier molecular flexibility index (Phi) is 7.45. The monoisotopic (exact) mass is 474 g/mol. The van der Waals surface area contributed by atoms with E-state index in [1.54, 1.807) is 18.2 Å².